The van der Waals surface area contributed by atoms with Gasteiger partial charge in [0.25, 0.3) is 0 Å². The van der Waals surface area contributed by atoms with Gasteiger partial charge in [-0.1, -0.05) is 30.3 Å². The minimum atomic E-state index is -1.62. The molecule has 4 atom stereocenters. The average molecular weight is 661 g/mol. The Morgan fingerprint density at radius 3 is 2.26 bits per heavy atom. The number of benzene rings is 1. The summed E-state index contributed by atoms with van der Waals surface area (Å²) < 4.78 is 3.93. The van der Waals surface area contributed by atoms with Crippen LogP contribution in [-0.2, 0) is 46.1 Å². The summed E-state index contributed by atoms with van der Waals surface area (Å²) in [4.78, 5) is 56.6. The molecule has 0 spiro atoms. The summed E-state index contributed by atoms with van der Waals surface area (Å²) in [6.07, 6.45) is 4.29. The van der Waals surface area contributed by atoms with Gasteiger partial charge in [0.05, 0.1) is 12.6 Å². The highest BCUT2D eigenvalue weighted by Gasteiger charge is 2.35. The third kappa shape index (κ3) is 11.7. The van der Waals surface area contributed by atoms with Crippen molar-refractivity contribution < 1.29 is 24.3 Å². The van der Waals surface area contributed by atoms with Gasteiger partial charge in [0.1, 0.15) is 23.9 Å². The zero-order valence-corrected chi connectivity index (χ0v) is 27.3. The summed E-state index contributed by atoms with van der Waals surface area (Å²) in [5.41, 5.74) is 22.2. The number of aliphatic hydroxyl groups excluding tert-OH is 1. The largest absolute Gasteiger partial charge is 0.393 e. The van der Waals surface area contributed by atoms with Crippen LogP contribution in [0.15, 0.2) is 41.5 Å². The lowest BCUT2D eigenvalue weighted by molar-refractivity contribution is -0.134. The highest BCUT2D eigenvalue weighted by atomic mass is 32.1. The molecule has 0 fully saturated rings. The van der Waals surface area contributed by atoms with Crippen LogP contribution >= 0.6 is 12.2 Å². The van der Waals surface area contributed by atoms with E-state index in [4.69, 9.17) is 35.2 Å². The van der Waals surface area contributed by atoms with E-state index in [0.717, 1.165) is 5.56 Å². The van der Waals surface area contributed by atoms with Crippen LogP contribution in [0.25, 0.3) is 0 Å². The summed E-state index contributed by atoms with van der Waals surface area (Å²) in [5.74, 6) is -1.95. The SMILES string of the molecule is Cn1cc(C[C@H](NC(=O)C(N)CCCN=C(N)N)C(=O)N[C@@H](CCCCN)C(=O)N[C@@](C=O)(CO)Cc2ccccc2)n(C)c1=S. The summed E-state index contributed by atoms with van der Waals surface area (Å²) in [6, 6.07) is 5.73. The van der Waals surface area contributed by atoms with Crippen molar-refractivity contribution in [3.63, 3.8) is 0 Å². The maximum absolute atomic E-state index is 13.8. The quantitative estimate of drug-likeness (QED) is 0.0266. The minimum absolute atomic E-state index is 0.0384. The number of nitrogens with zero attached hydrogens (tertiary/aromatic N) is 3. The molecule has 2 aromatic rings. The third-order valence-corrected chi connectivity index (χ3v) is 8.10. The normalized spacial score (nSPS) is 14.3. The molecule has 15 nitrogen and oxygen atoms in total. The van der Waals surface area contributed by atoms with Gasteiger partial charge in [-0.05, 0) is 56.4 Å². The molecule has 1 aromatic heterocycles. The maximum Gasteiger partial charge on any atom is 0.243 e. The van der Waals surface area contributed by atoms with E-state index in [9.17, 15) is 24.3 Å². The van der Waals surface area contributed by atoms with Crippen molar-refractivity contribution >= 4 is 42.2 Å². The zero-order chi connectivity index (χ0) is 34.3. The van der Waals surface area contributed by atoms with Crippen LogP contribution in [0.5, 0.6) is 0 Å². The molecular formula is C30H48N10O5S. The van der Waals surface area contributed by atoms with Crippen LogP contribution in [0.4, 0.5) is 0 Å². The summed E-state index contributed by atoms with van der Waals surface area (Å²) in [6.45, 7) is 0.00181. The lowest BCUT2D eigenvalue weighted by Gasteiger charge is -2.30. The molecule has 12 N–H and O–H groups in total. The van der Waals surface area contributed by atoms with Crippen molar-refractivity contribution in [2.75, 3.05) is 19.7 Å². The van der Waals surface area contributed by atoms with E-state index in [0.29, 0.717) is 42.6 Å². The number of hydrogen-bond donors (Lipinski definition) is 8. The number of carbonyl (C=O) groups excluding carboxylic acids is 4. The van der Waals surface area contributed by atoms with Gasteiger partial charge >= 0.3 is 0 Å². The number of aryl methyl sites for hydroxylation is 1. The molecule has 2 rings (SSSR count). The van der Waals surface area contributed by atoms with E-state index >= 15 is 0 Å². The lowest BCUT2D eigenvalue weighted by atomic mass is 9.92. The van der Waals surface area contributed by atoms with E-state index in [1.165, 1.54) is 0 Å². The number of guanidine groups is 1. The minimum Gasteiger partial charge on any atom is -0.393 e. The Labute approximate surface area is 274 Å². The van der Waals surface area contributed by atoms with Crippen LogP contribution in [0, 0.1) is 4.77 Å². The third-order valence-electron chi connectivity index (χ3n) is 7.53. The number of rotatable bonds is 20. The van der Waals surface area contributed by atoms with Gasteiger partial charge in [-0.2, -0.15) is 0 Å². The predicted molar refractivity (Wildman–Crippen MR) is 178 cm³/mol. The fourth-order valence-corrected chi connectivity index (χ4v) is 5.01. The van der Waals surface area contributed by atoms with Gasteiger partial charge in [-0.3, -0.25) is 19.4 Å². The molecule has 0 aliphatic carbocycles. The monoisotopic (exact) mass is 660 g/mol. The van der Waals surface area contributed by atoms with Gasteiger partial charge in [-0.15, -0.1) is 0 Å². The number of aldehydes is 1. The molecule has 0 saturated carbocycles. The second-order valence-electron chi connectivity index (χ2n) is 11.3. The number of aliphatic hydroxyl groups is 1. The van der Waals surface area contributed by atoms with Crippen LogP contribution in [0.2, 0.25) is 0 Å². The number of amides is 3. The van der Waals surface area contributed by atoms with Crippen molar-refractivity contribution in [2.24, 2.45) is 42.0 Å². The van der Waals surface area contributed by atoms with Crippen molar-refractivity contribution in [3.05, 3.63) is 52.6 Å². The van der Waals surface area contributed by atoms with E-state index in [1.807, 2.05) is 6.07 Å². The van der Waals surface area contributed by atoms with Crippen LogP contribution in [0.1, 0.15) is 43.4 Å². The zero-order valence-electron chi connectivity index (χ0n) is 26.5. The standard InChI is InChI=1S/C30H48N10O5S/c1-39-17-21(40(2)29(39)46)15-24(37-25(43)22(32)11-8-14-35-28(33)34)26(44)36-23(12-6-7-13-31)27(45)38-30(18-41,19-42)16-20-9-4-3-5-10-20/h3-5,9-10,17-18,22-24,42H,6-8,11-16,19,31-32H2,1-2H3,(H,36,44)(H,37,43)(H,38,45)(H4,33,34,35)/t22?,23-,24-,30-/m0/s1. The number of nitrogens with two attached hydrogens (primary N) is 4. The fourth-order valence-electron chi connectivity index (χ4n) is 4.84. The highest BCUT2D eigenvalue weighted by Crippen LogP contribution is 2.14. The number of carbonyl (C=O) groups is 4. The Kier molecular flexibility index (Phi) is 15.5. The van der Waals surface area contributed by atoms with Crippen LogP contribution < -0.4 is 38.9 Å². The molecule has 16 heteroatoms. The molecule has 0 saturated heterocycles. The van der Waals surface area contributed by atoms with E-state index in [1.54, 1.807) is 53.7 Å². The molecule has 0 aliphatic heterocycles. The van der Waals surface area contributed by atoms with Gasteiger partial charge in [0, 0.05) is 45.4 Å². The first kappa shape index (κ1) is 38.1. The molecule has 254 valence electrons. The number of aliphatic imine (C=N–C) groups is 1. The Hall–Kier alpha value is -4.12. The Bertz CT molecular complexity index is 1390. The summed E-state index contributed by atoms with van der Waals surface area (Å²) >= 11 is 5.40. The maximum atomic E-state index is 13.8. The molecule has 1 unspecified atom stereocenters. The average Bonchev–Trinajstić information content (AvgIpc) is 3.27. The molecule has 1 heterocycles. The topological polar surface area (TPSA) is 251 Å². The number of aromatic nitrogens is 2. The fraction of sp³-hybridized carbons (Fsp3) is 0.533. The second-order valence-corrected chi connectivity index (χ2v) is 11.7. The molecule has 0 aliphatic rings. The van der Waals surface area contributed by atoms with Crippen molar-refractivity contribution in [2.45, 2.75) is 68.6 Å². The van der Waals surface area contributed by atoms with E-state index < -0.39 is 48.0 Å². The molecular weight excluding hydrogens is 612 g/mol. The molecule has 0 radical (unpaired) electrons. The van der Waals surface area contributed by atoms with Gasteiger partial charge in [-0.25, -0.2) is 0 Å². The smallest absolute Gasteiger partial charge is 0.243 e. The Morgan fingerprint density at radius 2 is 1.70 bits per heavy atom. The predicted octanol–water partition coefficient (Wildman–Crippen LogP) is -1.60. The number of hydrogen-bond acceptors (Lipinski definition) is 9. The van der Waals surface area contributed by atoms with Gasteiger partial charge in [0.15, 0.2) is 10.7 Å². The molecule has 1 aromatic carbocycles. The molecule has 3 amide bonds. The van der Waals surface area contributed by atoms with Crippen molar-refractivity contribution in [1.29, 1.82) is 0 Å². The summed E-state index contributed by atoms with van der Waals surface area (Å²) in [7, 11) is 3.51. The number of imidazole rings is 1. The summed E-state index contributed by atoms with van der Waals surface area (Å²) in [5, 5.41) is 18.3. The molecule has 0 bridgehead atoms. The number of unbranched alkanes of at least 4 members (excludes halogenated alkanes) is 1. The Balaban J connectivity index is 2.31. The van der Waals surface area contributed by atoms with Gasteiger partial charge < -0.3 is 57.9 Å². The van der Waals surface area contributed by atoms with E-state index in [2.05, 4.69) is 20.9 Å². The Morgan fingerprint density at radius 1 is 1.02 bits per heavy atom. The second kappa shape index (κ2) is 18.8. The first-order valence-corrected chi connectivity index (χ1v) is 15.5. The van der Waals surface area contributed by atoms with Gasteiger partial charge in [0.2, 0.25) is 17.7 Å². The first-order valence-electron chi connectivity index (χ1n) is 15.1. The molecule has 46 heavy (non-hydrogen) atoms. The van der Waals surface area contributed by atoms with Crippen molar-refractivity contribution in [3.8, 4) is 0 Å². The first-order chi connectivity index (χ1) is 21.9. The number of nitrogens with one attached hydrogen (secondary N) is 3. The highest BCUT2D eigenvalue weighted by molar-refractivity contribution is 7.71. The van der Waals surface area contributed by atoms with Crippen LogP contribution in [0.3, 0.4) is 0 Å². The van der Waals surface area contributed by atoms with Crippen molar-refractivity contribution in [1.82, 2.24) is 25.1 Å². The van der Waals surface area contributed by atoms with Crippen LogP contribution in [-0.4, -0.2) is 87.6 Å². The lowest BCUT2D eigenvalue weighted by Crippen LogP contribution is -2.61. The van der Waals surface area contributed by atoms with E-state index in [-0.39, 0.29) is 38.2 Å².